The Morgan fingerprint density at radius 1 is 1.41 bits per heavy atom. The van der Waals surface area contributed by atoms with E-state index in [0.29, 0.717) is 5.56 Å². The number of carboxylic acids is 1. The van der Waals surface area contributed by atoms with Gasteiger partial charge in [0.1, 0.15) is 5.60 Å². The Labute approximate surface area is 133 Å². The van der Waals surface area contributed by atoms with Crippen LogP contribution < -0.4 is 11.1 Å². The quantitative estimate of drug-likeness (QED) is 0.738. The van der Waals surface area contributed by atoms with Gasteiger partial charge in [-0.15, -0.1) is 0 Å². The highest BCUT2D eigenvalue weighted by Gasteiger charge is 2.15. The first-order valence-electron chi connectivity index (χ1n) is 6.56. The van der Waals surface area contributed by atoms with Crippen molar-refractivity contribution >= 4 is 35.4 Å². The lowest BCUT2D eigenvalue weighted by molar-refractivity contribution is 0.0533. The molecule has 0 saturated carbocycles. The van der Waals surface area contributed by atoms with Gasteiger partial charge in [-0.05, 0) is 38.5 Å². The van der Waals surface area contributed by atoms with Crippen molar-refractivity contribution in [3.05, 3.63) is 34.4 Å². The van der Waals surface area contributed by atoms with Gasteiger partial charge in [-0.2, -0.15) is 0 Å². The van der Waals surface area contributed by atoms with Gasteiger partial charge in [0.2, 0.25) is 0 Å². The van der Waals surface area contributed by atoms with Crippen LogP contribution >= 0.6 is 11.6 Å². The van der Waals surface area contributed by atoms with E-state index in [2.05, 4.69) is 5.32 Å². The van der Waals surface area contributed by atoms with E-state index in [1.807, 2.05) is 0 Å². The highest BCUT2D eigenvalue weighted by molar-refractivity contribution is 6.31. The zero-order valence-electron chi connectivity index (χ0n) is 12.6. The first kappa shape index (κ1) is 17.8. The molecule has 0 atom stereocenters. The monoisotopic (exact) mass is 326 g/mol. The number of rotatable bonds is 4. The van der Waals surface area contributed by atoms with E-state index in [1.54, 1.807) is 39.0 Å². The molecule has 1 amide bonds. The summed E-state index contributed by atoms with van der Waals surface area (Å²) >= 11 is 5.86. The van der Waals surface area contributed by atoms with E-state index in [1.165, 1.54) is 6.07 Å². The Kier molecular flexibility index (Phi) is 5.82. The number of ether oxygens (including phenoxy) is 1. The summed E-state index contributed by atoms with van der Waals surface area (Å²) in [5.41, 5.74) is 5.73. The molecule has 0 fully saturated rings. The van der Waals surface area contributed by atoms with Crippen molar-refractivity contribution in [3.8, 4) is 0 Å². The van der Waals surface area contributed by atoms with E-state index in [0.717, 1.165) is 0 Å². The number of carbonyl (C=O) groups excluding carboxylic acids is 1. The molecule has 22 heavy (non-hydrogen) atoms. The van der Waals surface area contributed by atoms with Gasteiger partial charge in [0.15, 0.2) is 0 Å². The average Bonchev–Trinajstić information content (AvgIpc) is 2.35. The number of hydrogen-bond acceptors (Lipinski definition) is 4. The van der Waals surface area contributed by atoms with Crippen LogP contribution in [-0.4, -0.2) is 29.3 Å². The molecule has 4 N–H and O–H groups in total. The summed E-state index contributed by atoms with van der Waals surface area (Å²) < 4.78 is 5.08. The molecule has 1 aromatic carbocycles. The predicted molar refractivity (Wildman–Crippen MR) is 86.1 cm³/mol. The molecule has 0 aliphatic heterocycles. The summed E-state index contributed by atoms with van der Waals surface area (Å²) in [6.07, 6.45) is 2.67. The summed E-state index contributed by atoms with van der Waals surface area (Å²) in [5, 5.41) is 11.8. The van der Waals surface area contributed by atoms with Crippen LogP contribution in [-0.2, 0) is 4.74 Å². The molecule has 0 heterocycles. The zero-order valence-corrected chi connectivity index (χ0v) is 13.4. The molecule has 7 heteroatoms. The molecule has 120 valence electrons. The Bertz CT molecular complexity index is 606. The van der Waals surface area contributed by atoms with Crippen LogP contribution in [0, 0.1) is 0 Å². The SMILES string of the molecule is CC(C)(C)OC(=O)NCC=Cc1cc(Cl)cc(C(=O)O)c1N. The van der Waals surface area contributed by atoms with Gasteiger partial charge in [0.05, 0.1) is 11.3 Å². The number of anilines is 1. The van der Waals surface area contributed by atoms with Crippen molar-refractivity contribution in [1.29, 1.82) is 0 Å². The standard InChI is InChI=1S/C15H19ClN2O4/c1-15(2,3)22-14(21)18-6-4-5-9-7-10(16)8-11(12(9)17)13(19)20/h4-5,7-8H,6,17H2,1-3H3,(H,18,21)(H,19,20). The van der Waals surface area contributed by atoms with E-state index in [4.69, 9.17) is 27.2 Å². The van der Waals surface area contributed by atoms with Crippen LogP contribution in [0.3, 0.4) is 0 Å². The number of nitrogens with two attached hydrogens (primary N) is 1. The van der Waals surface area contributed by atoms with E-state index < -0.39 is 17.7 Å². The van der Waals surface area contributed by atoms with Gasteiger partial charge in [0, 0.05) is 11.6 Å². The number of aromatic carboxylic acids is 1. The minimum absolute atomic E-state index is 0.0627. The molecule has 0 radical (unpaired) electrons. The summed E-state index contributed by atoms with van der Waals surface area (Å²) in [7, 11) is 0. The number of benzene rings is 1. The molecule has 0 aromatic heterocycles. The summed E-state index contributed by atoms with van der Waals surface area (Å²) in [6, 6.07) is 2.84. The van der Waals surface area contributed by atoms with Crippen molar-refractivity contribution in [2.24, 2.45) is 0 Å². The van der Waals surface area contributed by atoms with Gasteiger partial charge in [0.25, 0.3) is 0 Å². The Morgan fingerprint density at radius 3 is 2.59 bits per heavy atom. The molecule has 0 spiro atoms. The van der Waals surface area contributed by atoms with Crippen LogP contribution in [0.25, 0.3) is 6.08 Å². The highest BCUT2D eigenvalue weighted by atomic mass is 35.5. The van der Waals surface area contributed by atoms with Gasteiger partial charge >= 0.3 is 12.1 Å². The zero-order chi connectivity index (χ0) is 16.9. The number of alkyl carbamates (subject to hydrolysis) is 1. The number of halogens is 1. The molecular formula is C15H19ClN2O4. The second-order valence-corrected chi connectivity index (χ2v) is 5.98. The molecule has 0 aliphatic carbocycles. The lowest BCUT2D eigenvalue weighted by Crippen LogP contribution is -2.32. The maximum absolute atomic E-state index is 11.4. The van der Waals surface area contributed by atoms with Crippen molar-refractivity contribution in [2.45, 2.75) is 26.4 Å². The molecule has 1 aromatic rings. The Morgan fingerprint density at radius 2 is 2.05 bits per heavy atom. The third-order valence-electron chi connectivity index (χ3n) is 2.47. The highest BCUT2D eigenvalue weighted by Crippen LogP contribution is 2.24. The van der Waals surface area contributed by atoms with Gasteiger partial charge in [-0.1, -0.05) is 23.8 Å². The number of carbonyl (C=O) groups is 2. The molecular weight excluding hydrogens is 308 g/mol. The largest absolute Gasteiger partial charge is 0.478 e. The van der Waals surface area contributed by atoms with E-state index in [-0.39, 0.29) is 22.8 Å². The minimum atomic E-state index is -1.15. The fourth-order valence-corrected chi connectivity index (χ4v) is 1.82. The van der Waals surface area contributed by atoms with E-state index >= 15 is 0 Å². The van der Waals surface area contributed by atoms with Gasteiger partial charge in [-0.25, -0.2) is 9.59 Å². The third kappa shape index (κ3) is 5.65. The summed E-state index contributed by atoms with van der Waals surface area (Å²) in [5.74, 6) is -1.15. The van der Waals surface area contributed by atoms with Crippen molar-refractivity contribution in [2.75, 3.05) is 12.3 Å². The normalized spacial score (nSPS) is 11.5. The van der Waals surface area contributed by atoms with Crippen LogP contribution in [0.4, 0.5) is 10.5 Å². The van der Waals surface area contributed by atoms with Gasteiger partial charge < -0.3 is 20.9 Å². The van der Waals surface area contributed by atoms with Gasteiger partial charge in [-0.3, -0.25) is 0 Å². The lowest BCUT2D eigenvalue weighted by Gasteiger charge is -2.19. The third-order valence-corrected chi connectivity index (χ3v) is 2.69. The first-order valence-corrected chi connectivity index (χ1v) is 6.93. The molecule has 1 rings (SSSR count). The second-order valence-electron chi connectivity index (χ2n) is 5.55. The smallest absolute Gasteiger partial charge is 0.407 e. The molecule has 0 aliphatic rings. The Balaban J connectivity index is 2.72. The first-order chi connectivity index (χ1) is 10.1. The second kappa shape index (κ2) is 7.17. The summed E-state index contributed by atoms with van der Waals surface area (Å²) in [6.45, 7) is 5.51. The van der Waals surface area contributed by atoms with Crippen LogP contribution in [0.1, 0.15) is 36.7 Å². The Hall–Kier alpha value is -2.21. The number of hydrogen-bond donors (Lipinski definition) is 3. The fourth-order valence-electron chi connectivity index (χ4n) is 1.60. The predicted octanol–water partition coefficient (Wildman–Crippen LogP) is 3.16. The molecule has 0 saturated heterocycles. The van der Waals surface area contributed by atoms with Crippen LogP contribution in [0.2, 0.25) is 5.02 Å². The molecule has 0 bridgehead atoms. The number of amides is 1. The lowest BCUT2D eigenvalue weighted by atomic mass is 10.1. The number of nitrogen functional groups attached to an aromatic ring is 1. The molecule has 6 nitrogen and oxygen atoms in total. The van der Waals surface area contributed by atoms with Crippen molar-refractivity contribution in [3.63, 3.8) is 0 Å². The number of nitrogens with one attached hydrogen (secondary N) is 1. The molecule has 0 unspecified atom stereocenters. The van der Waals surface area contributed by atoms with Crippen molar-refractivity contribution < 1.29 is 19.4 Å². The van der Waals surface area contributed by atoms with Crippen LogP contribution in [0.15, 0.2) is 18.2 Å². The fraction of sp³-hybridized carbons (Fsp3) is 0.333. The van der Waals surface area contributed by atoms with E-state index in [9.17, 15) is 9.59 Å². The average molecular weight is 327 g/mol. The minimum Gasteiger partial charge on any atom is -0.478 e. The number of carboxylic acid groups (broad SMARTS) is 1. The summed E-state index contributed by atoms with van der Waals surface area (Å²) in [4.78, 5) is 22.5. The van der Waals surface area contributed by atoms with Crippen molar-refractivity contribution in [1.82, 2.24) is 5.32 Å². The maximum atomic E-state index is 11.4. The topological polar surface area (TPSA) is 102 Å². The van der Waals surface area contributed by atoms with Crippen LogP contribution in [0.5, 0.6) is 0 Å². The maximum Gasteiger partial charge on any atom is 0.407 e.